The molecule has 18 heavy (non-hydrogen) atoms. The number of hydrogen-bond acceptors (Lipinski definition) is 3. The molecule has 0 bridgehead atoms. The molecule has 1 aliphatic heterocycles. The zero-order chi connectivity index (χ0) is 12.1. The smallest absolute Gasteiger partial charge is 0.237 e. The summed E-state index contributed by atoms with van der Waals surface area (Å²) in [5.74, 6) is 0.185. The fourth-order valence-corrected chi connectivity index (χ4v) is 2.43. The summed E-state index contributed by atoms with van der Waals surface area (Å²) in [5, 5.41) is 6.33. The predicted molar refractivity (Wildman–Crippen MR) is 74.1 cm³/mol. The molecule has 2 fully saturated rings. The first-order chi connectivity index (χ1) is 8.26. The Kier molecular flexibility index (Phi) is 6.39. The van der Waals surface area contributed by atoms with Gasteiger partial charge in [-0.15, -0.1) is 12.4 Å². The van der Waals surface area contributed by atoms with Crippen molar-refractivity contribution >= 4 is 18.3 Å². The highest BCUT2D eigenvalue weighted by Crippen LogP contribution is 2.48. The number of carbonyl (C=O) groups excluding carboxylic acids is 1. The van der Waals surface area contributed by atoms with Gasteiger partial charge in [0.05, 0.1) is 6.04 Å². The molecule has 106 valence electrons. The van der Waals surface area contributed by atoms with Gasteiger partial charge in [-0.2, -0.15) is 0 Å². The van der Waals surface area contributed by atoms with Gasteiger partial charge in [0.2, 0.25) is 5.91 Å². The lowest BCUT2D eigenvalue weighted by molar-refractivity contribution is -0.123. The molecule has 2 N–H and O–H groups in total. The van der Waals surface area contributed by atoms with Crippen molar-refractivity contribution in [2.45, 2.75) is 45.1 Å². The van der Waals surface area contributed by atoms with E-state index in [1.807, 2.05) is 6.92 Å². The van der Waals surface area contributed by atoms with Crippen molar-refractivity contribution < 1.29 is 9.53 Å². The highest BCUT2D eigenvalue weighted by atomic mass is 35.5. The highest BCUT2D eigenvalue weighted by Gasteiger charge is 2.42. The van der Waals surface area contributed by atoms with Gasteiger partial charge in [-0.25, -0.2) is 0 Å². The molecule has 1 unspecified atom stereocenters. The molecule has 1 amide bonds. The van der Waals surface area contributed by atoms with Crippen molar-refractivity contribution in [3.05, 3.63) is 0 Å². The van der Waals surface area contributed by atoms with E-state index in [1.165, 1.54) is 12.8 Å². The van der Waals surface area contributed by atoms with Gasteiger partial charge in [0.25, 0.3) is 0 Å². The zero-order valence-electron chi connectivity index (χ0n) is 11.2. The van der Waals surface area contributed by atoms with Crippen molar-refractivity contribution in [3.63, 3.8) is 0 Å². The molecule has 0 aromatic heterocycles. The van der Waals surface area contributed by atoms with Gasteiger partial charge >= 0.3 is 0 Å². The third-order valence-electron chi connectivity index (χ3n) is 3.95. The van der Waals surface area contributed by atoms with Gasteiger partial charge < -0.3 is 15.4 Å². The van der Waals surface area contributed by atoms with Crippen molar-refractivity contribution in [1.29, 1.82) is 0 Å². The SMILES string of the molecule is CCOCCC1(CNC(=O)C2CCCN2)CC1.Cl. The second-order valence-corrected chi connectivity index (χ2v) is 5.31. The Morgan fingerprint density at radius 3 is 2.83 bits per heavy atom. The van der Waals surface area contributed by atoms with Crippen LogP contribution in [0.15, 0.2) is 0 Å². The molecular formula is C13H25ClN2O2. The van der Waals surface area contributed by atoms with Crippen LogP contribution in [0, 0.1) is 5.41 Å². The summed E-state index contributed by atoms with van der Waals surface area (Å²) >= 11 is 0. The molecule has 0 radical (unpaired) electrons. The molecule has 0 spiro atoms. The Balaban J connectivity index is 0.00000162. The largest absolute Gasteiger partial charge is 0.382 e. The summed E-state index contributed by atoms with van der Waals surface area (Å²) in [6.45, 7) is 5.44. The van der Waals surface area contributed by atoms with Gasteiger partial charge in [0.15, 0.2) is 0 Å². The Morgan fingerprint density at radius 2 is 2.28 bits per heavy atom. The lowest BCUT2D eigenvalue weighted by Crippen LogP contribution is -2.42. The quantitative estimate of drug-likeness (QED) is 0.693. The molecule has 2 rings (SSSR count). The molecule has 2 aliphatic rings. The van der Waals surface area contributed by atoms with Crippen LogP contribution in [0.4, 0.5) is 0 Å². The van der Waals surface area contributed by atoms with Crippen LogP contribution < -0.4 is 10.6 Å². The first-order valence-corrected chi connectivity index (χ1v) is 6.85. The van der Waals surface area contributed by atoms with E-state index in [0.29, 0.717) is 5.41 Å². The standard InChI is InChI=1S/C13H24N2O2.ClH/c1-2-17-9-7-13(5-6-13)10-15-12(16)11-4-3-8-14-11;/h11,14H,2-10H2,1H3,(H,15,16);1H. The van der Waals surface area contributed by atoms with E-state index in [-0.39, 0.29) is 24.4 Å². The molecule has 1 atom stereocenters. The van der Waals surface area contributed by atoms with Gasteiger partial charge in [-0.3, -0.25) is 4.79 Å². The molecule has 1 aliphatic carbocycles. The maximum Gasteiger partial charge on any atom is 0.237 e. The maximum atomic E-state index is 11.8. The minimum absolute atomic E-state index is 0. The van der Waals surface area contributed by atoms with Crippen LogP contribution in [0.1, 0.15) is 39.0 Å². The highest BCUT2D eigenvalue weighted by molar-refractivity contribution is 5.85. The molecule has 5 heteroatoms. The zero-order valence-corrected chi connectivity index (χ0v) is 12.0. The van der Waals surface area contributed by atoms with Crippen molar-refractivity contribution in [3.8, 4) is 0 Å². The fourth-order valence-electron chi connectivity index (χ4n) is 2.43. The van der Waals surface area contributed by atoms with Crippen molar-refractivity contribution in [1.82, 2.24) is 10.6 Å². The van der Waals surface area contributed by atoms with Crippen LogP contribution >= 0.6 is 12.4 Å². The number of carbonyl (C=O) groups is 1. The second kappa shape index (κ2) is 7.31. The molecular weight excluding hydrogens is 252 g/mol. The van der Waals surface area contributed by atoms with Crippen molar-refractivity contribution in [2.24, 2.45) is 5.41 Å². The summed E-state index contributed by atoms with van der Waals surface area (Å²) in [7, 11) is 0. The van der Waals surface area contributed by atoms with Crippen LogP contribution in [-0.2, 0) is 9.53 Å². The molecule has 0 aromatic rings. The fraction of sp³-hybridized carbons (Fsp3) is 0.923. The van der Waals surface area contributed by atoms with Gasteiger partial charge in [0.1, 0.15) is 0 Å². The van der Waals surface area contributed by atoms with Crippen LogP contribution in [0.2, 0.25) is 0 Å². The van der Waals surface area contributed by atoms with Crippen LogP contribution in [0.3, 0.4) is 0 Å². The normalized spacial score (nSPS) is 24.4. The van der Waals surface area contributed by atoms with E-state index in [1.54, 1.807) is 0 Å². The Morgan fingerprint density at radius 1 is 1.50 bits per heavy atom. The lowest BCUT2D eigenvalue weighted by atomic mass is 10.0. The first-order valence-electron chi connectivity index (χ1n) is 6.85. The van der Waals surface area contributed by atoms with E-state index >= 15 is 0 Å². The second-order valence-electron chi connectivity index (χ2n) is 5.31. The van der Waals surface area contributed by atoms with E-state index in [4.69, 9.17) is 4.74 Å². The summed E-state index contributed by atoms with van der Waals surface area (Å²) < 4.78 is 5.39. The van der Waals surface area contributed by atoms with Gasteiger partial charge in [-0.05, 0) is 51.0 Å². The van der Waals surface area contributed by atoms with E-state index in [2.05, 4.69) is 10.6 Å². The summed E-state index contributed by atoms with van der Waals surface area (Å²) in [4.78, 5) is 11.8. The minimum atomic E-state index is 0. The molecule has 1 saturated carbocycles. The van der Waals surface area contributed by atoms with Gasteiger partial charge in [0, 0.05) is 19.8 Å². The molecule has 4 nitrogen and oxygen atoms in total. The number of amides is 1. The average Bonchev–Trinajstić information content (AvgIpc) is 2.90. The first kappa shape index (κ1) is 15.7. The Labute approximate surface area is 116 Å². The number of halogens is 1. The molecule has 1 saturated heterocycles. The van der Waals surface area contributed by atoms with Crippen LogP contribution in [0.25, 0.3) is 0 Å². The van der Waals surface area contributed by atoms with Gasteiger partial charge in [-0.1, -0.05) is 0 Å². The van der Waals surface area contributed by atoms with E-state index in [9.17, 15) is 4.79 Å². The Bertz CT molecular complexity index is 264. The average molecular weight is 277 g/mol. The van der Waals surface area contributed by atoms with E-state index in [0.717, 1.165) is 45.6 Å². The van der Waals surface area contributed by atoms with Crippen molar-refractivity contribution in [2.75, 3.05) is 26.3 Å². The number of nitrogens with one attached hydrogen (secondary N) is 2. The molecule has 0 aromatic carbocycles. The monoisotopic (exact) mass is 276 g/mol. The number of hydrogen-bond donors (Lipinski definition) is 2. The minimum Gasteiger partial charge on any atom is -0.382 e. The summed E-state index contributed by atoms with van der Waals surface area (Å²) in [5.41, 5.74) is 0.351. The predicted octanol–water partition coefficient (Wildman–Crippen LogP) is 1.48. The third kappa shape index (κ3) is 4.41. The summed E-state index contributed by atoms with van der Waals surface area (Å²) in [6.07, 6.45) is 5.65. The topological polar surface area (TPSA) is 50.4 Å². The Hall–Kier alpha value is -0.320. The summed E-state index contributed by atoms with van der Waals surface area (Å²) in [6, 6.07) is 0.0534. The lowest BCUT2D eigenvalue weighted by Gasteiger charge is -2.18. The number of rotatable bonds is 7. The van der Waals surface area contributed by atoms with Crippen LogP contribution in [-0.4, -0.2) is 38.3 Å². The maximum absolute atomic E-state index is 11.8. The molecule has 1 heterocycles. The third-order valence-corrected chi connectivity index (χ3v) is 3.95. The van der Waals surface area contributed by atoms with E-state index < -0.39 is 0 Å². The number of ether oxygens (including phenoxy) is 1. The van der Waals surface area contributed by atoms with Crippen LogP contribution in [0.5, 0.6) is 0 Å².